The summed E-state index contributed by atoms with van der Waals surface area (Å²) in [4.78, 5) is 67.8. The lowest BCUT2D eigenvalue weighted by Gasteiger charge is -2.41. The highest BCUT2D eigenvalue weighted by atomic mass is 32.2. The van der Waals surface area contributed by atoms with Crippen molar-refractivity contribution in [3.8, 4) is 5.75 Å². The van der Waals surface area contributed by atoms with Gasteiger partial charge in [0, 0.05) is 38.4 Å². The Hall–Kier alpha value is -4.17. The maximum Gasteiger partial charge on any atom is 0.343 e. The van der Waals surface area contributed by atoms with Gasteiger partial charge in [0.05, 0.1) is 17.7 Å². The van der Waals surface area contributed by atoms with E-state index >= 15 is 4.39 Å². The van der Waals surface area contributed by atoms with Crippen LogP contribution in [0.15, 0.2) is 59.7 Å². The molecule has 3 unspecified atom stereocenters. The number of ketones is 1. The summed E-state index contributed by atoms with van der Waals surface area (Å²) in [6.45, 7) is 6.57. The van der Waals surface area contributed by atoms with Gasteiger partial charge < -0.3 is 35.2 Å². The molecular weight excluding hydrogens is 665 g/mol. The number of piperazine rings is 1. The monoisotopic (exact) mass is 711 g/mol. The summed E-state index contributed by atoms with van der Waals surface area (Å²) in [5, 5.41) is 8.50. The molecule has 2 heterocycles. The van der Waals surface area contributed by atoms with Gasteiger partial charge in [0.15, 0.2) is 5.78 Å². The number of rotatable bonds is 16. The molecular formula is C36H46FN5O7S. The molecule has 270 valence electrons. The Morgan fingerprint density at radius 3 is 2.46 bits per heavy atom. The number of esters is 2. The van der Waals surface area contributed by atoms with Crippen molar-refractivity contribution in [1.29, 1.82) is 0 Å². The van der Waals surface area contributed by atoms with Crippen LogP contribution >= 0.6 is 11.8 Å². The molecule has 2 aliphatic heterocycles. The van der Waals surface area contributed by atoms with E-state index in [1.165, 1.54) is 6.08 Å². The minimum Gasteiger partial charge on any atom is -0.457 e. The van der Waals surface area contributed by atoms with Gasteiger partial charge in [0.2, 0.25) is 12.3 Å². The summed E-state index contributed by atoms with van der Waals surface area (Å²) in [5.41, 5.74) is 0.987. The van der Waals surface area contributed by atoms with Crippen LogP contribution in [0.3, 0.4) is 0 Å². The topological polar surface area (TPSA) is 146 Å². The Balaban J connectivity index is 1.20. The van der Waals surface area contributed by atoms with E-state index < -0.39 is 47.5 Å². The average molecular weight is 712 g/mol. The number of thioether (sulfide) groups is 1. The van der Waals surface area contributed by atoms with Crippen molar-refractivity contribution in [2.75, 3.05) is 38.2 Å². The van der Waals surface area contributed by atoms with Gasteiger partial charge in [0.25, 0.3) is 0 Å². The minimum absolute atomic E-state index is 0.0708. The maximum atomic E-state index is 15.3. The predicted octanol–water partition coefficient (Wildman–Crippen LogP) is 2.61. The van der Waals surface area contributed by atoms with Gasteiger partial charge in [-0.1, -0.05) is 26.0 Å². The van der Waals surface area contributed by atoms with Crippen LogP contribution in [-0.2, 0) is 35.3 Å². The summed E-state index contributed by atoms with van der Waals surface area (Å²) in [7, 11) is 0. The first-order valence-corrected chi connectivity index (χ1v) is 18.5. The number of allylic oxidation sites excluding steroid dienone is 1. The fourth-order valence-electron chi connectivity index (χ4n) is 6.34. The van der Waals surface area contributed by atoms with Crippen LogP contribution in [-0.4, -0.2) is 102 Å². The zero-order chi connectivity index (χ0) is 35.8. The molecule has 1 aromatic carbocycles. The Kier molecular flexibility index (Phi) is 12.7. The normalized spacial score (nSPS) is 21.6. The van der Waals surface area contributed by atoms with Crippen LogP contribution in [0.25, 0.3) is 0 Å². The smallest absolute Gasteiger partial charge is 0.343 e. The maximum absolute atomic E-state index is 15.3. The molecule has 2 aliphatic carbocycles. The van der Waals surface area contributed by atoms with Crippen LogP contribution in [0.1, 0.15) is 45.1 Å². The summed E-state index contributed by atoms with van der Waals surface area (Å²) < 4.78 is 26.5. The Morgan fingerprint density at radius 2 is 1.82 bits per heavy atom. The van der Waals surface area contributed by atoms with E-state index in [4.69, 9.17) is 9.47 Å². The van der Waals surface area contributed by atoms with E-state index in [1.54, 1.807) is 42.2 Å². The fraction of sp³-hybridized carbons (Fsp3) is 0.528. The Bertz CT molecular complexity index is 1520. The number of nitrogens with one attached hydrogen (secondary N) is 3. The minimum atomic E-state index is -0.930. The molecule has 2 amide bonds. The highest BCUT2D eigenvalue weighted by molar-refractivity contribution is 7.98. The van der Waals surface area contributed by atoms with E-state index in [1.807, 2.05) is 36.0 Å². The fourth-order valence-corrected chi connectivity index (χ4v) is 6.81. The van der Waals surface area contributed by atoms with Crippen LogP contribution in [0.4, 0.5) is 4.39 Å². The predicted molar refractivity (Wildman–Crippen MR) is 186 cm³/mol. The third kappa shape index (κ3) is 9.33. The number of amides is 2. The molecule has 12 nitrogen and oxygen atoms in total. The van der Waals surface area contributed by atoms with E-state index in [9.17, 15) is 24.0 Å². The Morgan fingerprint density at radius 1 is 1.10 bits per heavy atom. The SMILES string of the molecule is CSCC[C@H](NC=O)C(=O)NC(CC(C)C)C(=O)Oc1ccc(COC(=O)C2=CN(C3CC3)C3C=C(N4CCNCC4)C(F)=CC3C2=O)cc1. The number of halogens is 1. The van der Waals surface area contributed by atoms with Gasteiger partial charge in [-0.3, -0.25) is 14.4 Å². The summed E-state index contributed by atoms with van der Waals surface area (Å²) in [5.74, 6) is -2.68. The number of fused-ring (bicyclic) bond motifs is 1. The standard InChI is InChI=1S/C36H46FN5O7S/c1-22(2)16-30(40-34(45)29(39-21-43)10-15-50-3)36(47)49-25-8-4-23(5-9-25)20-48-35(46)27-19-42(24-6-7-24)31-18-32(41-13-11-38-12-14-41)28(37)17-26(31)33(27)44/h4-5,8-9,17-19,21-22,24,26,29-31,38H,6-7,10-16,20H2,1-3H3,(H,39,43)(H,40,45)/t26?,29-,30?,31?/m0/s1. The van der Waals surface area contributed by atoms with Gasteiger partial charge in [-0.15, -0.1) is 0 Å². The lowest BCUT2D eigenvalue weighted by molar-refractivity contribution is -0.142. The highest BCUT2D eigenvalue weighted by Crippen LogP contribution is 2.40. The third-order valence-electron chi connectivity index (χ3n) is 9.12. The zero-order valence-corrected chi connectivity index (χ0v) is 29.5. The molecule has 1 saturated carbocycles. The quantitative estimate of drug-likeness (QED) is 0.101. The zero-order valence-electron chi connectivity index (χ0n) is 28.7. The molecule has 0 radical (unpaired) electrons. The first-order chi connectivity index (χ1) is 24.1. The van der Waals surface area contributed by atoms with Gasteiger partial charge in [-0.2, -0.15) is 11.8 Å². The van der Waals surface area contributed by atoms with Crippen molar-refractivity contribution in [3.05, 3.63) is 65.3 Å². The number of hydrogen-bond acceptors (Lipinski definition) is 11. The van der Waals surface area contributed by atoms with E-state index in [0.29, 0.717) is 49.4 Å². The summed E-state index contributed by atoms with van der Waals surface area (Å²) in [6, 6.07) is 4.46. The first kappa shape index (κ1) is 37.1. The lowest BCUT2D eigenvalue weighted by Crippen LogP contribution is -2.51. The molecule has 1 saturated heterocycles. The van der Waals surface area contributed by atoms with Gasteiger partial charge >= 0.3 is 11.9 Å². The molecule has 50 heavy (non-hydrogen) atoms. The molecule has 5 rings (SSSR count). The van der Waals surface area contributed by atoms with Gasteiger partial charge in [-0.05, 0) is 73.5 Å². The number of Topliss-reactive ketones (excluding diaryl/α,β-unsaturated/α-hetero) is 1. The van der Waals surface area contributed by atoms with E-state index in [0.717, 1.165) is 25.9 Å². The number of benzene rings is 1. The third-order valence-corrected chi connectivity index (χ3v) is 9.76. The molecule has 2 fully saturated rings. The Labute approximate surface area is 296 Å². The van der Waals surface area contributed by atoms with Crippen molar-refractivity contribution in [1.82, 2.24) is 25.8 Å². The number of carbonyl (C=O) groups excluding carboxylic acids is 5. The van der Waals surface area contributed by atoms with Crippen LogP contribution < -0.4 is 20.7 Å². The molecule has 1 aromatic rings. The van der Waals surface area contributed by atoms with Gasteiger partial charge in [0.1, 0.15) is 35.8 Å². The number of ether oxygens (including phenoxy) is 2. The number of carbonyl (C=O) groups is 5. The number of nitrogens with zero attached hydrogens (tertiary/aromatic N) is 2. The lowest BCUT2D eigenvalue weighted by atomic mass is 9.82. The molecule has 0 bridgehead atoms. The van der Waals surface area contributed by atoms with Crippen molar-refractivity contribution < 1.29 is 37.8 Å². The van der Waals surface area contributed by atoms with E-state index in [2.05, 4.69) is 16.0 Å². The van der Waals surface area contributed by atoms with Crippen LogP contribution in [0, 0.1) is 11.8 Å². The molecule has 3 N–H and O–H groups in total. The van der Waals surface area contributed by atoms with Crippen LogP contribution in [0.5, 0.6) is 5.75 Å². The second-order valence-corrected chi connectivity index (χ2v) is 14.3. The number of hydrogen-bond donors (Lipinski definition) is 3. The molecule has 14 heteroatoms. The molecule has 4 atom stereocenters. The second-order valence-electron chi connectivity index (χ2n) is 13.4. The van der Waals surface area contributed by atoms with E-state index in [-0.39, 0.29) is 35.9 Å². The van der Waals surface area contributed by atoms with Crippen molar-refractivity contribution >= 4 is 41.8 Å². The summed E-state index contributed by atoms with van der Waals surface area (Å²) in [6.07, 6.45) is 9.74. The van der Waals surface area contributed by atoms with Crippen molar-refractivity contribution in [3.63, 3.8) is 0 Å². The highest BCUT2D eigenvalue weighted by Gasteiger charge is 2.46. The largest absolute Gasteiger partial charge is 0.457 e. The molecule has 4 aliphatic rings. The average Bonchev–Trinajstić information content (AvgIpc) is 3.95. The second kappa shape index (κ2) is 17.2. The van der Waals surface area contributed by atoms with Crippen molar-refractivity contribution in [2.45, 2.75) is 70.3 Å². The molecule has 0 aromatic heterocycles. The molecule has 0 spiro atoms. The van der Waals surface area contributed by atoms with Crippen molar-refractivity contribution in [2.24, 2.45) is 11.8 Å². The van der Waals surface area contributed by atoms with Gasteiger partial charge in [-0.25, -0.2) is 14.0 Å². The van der Waals surface area contributed by atoms with Crippen LogP contribution in [0.2, 0.25) is 0 Å². The summed E-state index contributed by atoms with van der Waals surface area (Å²) >= 11 is 1.54. The first-order valence-electron chi connectivity index (χ1n) is 17.1.